The summed E-state index contributed by atoms with van der Waals surface area (Å²) in [7, 11) is 5.30. The predicted octanol–water partition coefficient (Wildman–Crippen LogP) is 1.96. The number of hydrogen-bond acceptors (Lipinski definition) is 4. The van der Waals surface area contributed by atoms with Gasteiger partial charge in [-0.25, -0.2) is 4.79 Å². The van der Waals surface area contributed by atoms with Crippen molar-refractivity contribution in [1.29, 1.82) is 0 Å². The van der Waals surface area contributed by atoms with E-state index in [0.29, 0.717) is 31.1 Å². The Balaban J connectivity index is 1.81. The van der Waals surface area contributed by atoms with Crippen LogP contribution in [0.2, 0.25) is 0 Å². The van der Waals surface area contributed by atoms with Crippen molar-refractivity contribution >= 4 is 17.7 Å². The van der Waals surface area contributed by atoms with Crippen molar-refractivity contribution in [1.82, 2.24) is 10.2 Å². The largest absolute Gasteiger partial charge is 0.453 e. The molecule has 0 radical (unpaired) electrons. The van der Waals surface area contributed by atoms with Crippen molar-refractivity contribution in [2.45, 2.75) is 12.8 Å². The molecule has 1 heterocycles. The topological polar surface area (TPSA) is 61.9 Å². The van der Waals surface area contributed by atoms with Crippen LogP contribution >= 0.6 is 0 Å². The van der Waals surface area contributed by atoms with E-state index >= 15 is 0 Å². The molecule has 0 atom stereocenters. The molecule has 2 amide bonds. The van der Waals surface area contributed by atoms with Gasteiger partial charge in [0.05, 0.1) is 7.11 Å². The molecule has 6 nitrogen and oxygen atoms in total. The first kappa shape index (κ1) is 17.1. The van der Waals surface area contributed by atoms with Gasteiger partial charge in [-0.3, -0.25) is 4.79 Å². The second-order valence-corrected chi connectivity index (χ2v) is 6.06. The van der Waals surface area contributed by atoms with Crippen molar-refractivity contribution in [3.63, 3.8) is 0 Å². The van der Waals surface area contributed by atoms with Gasteiger partial charge in [0.25, 0.3) is 5.91 Å². The van der Waals surface area contributed by atoms with Crippen LogP contribution in [0.5, 0.6) is 0 Å². The van der Waals surface area contributed by atoms with Gasteiger partial charge in [0, 0.05) is 45.0 Å². The van der Waals surface area contributed by atoms with Crippen molar-refractivity contribution in [2.75, 3.05) is 45.7 Å². The van der Waals surface area contributed by atoms with E-state index in [-0.39, 0.29) is 12.0 Å². The lowest BCUT2D eigenvalue weighted by Gasteiger charge is -2.30. The summed E-state index contributed by atoms with van der Waals surface area (Å²) in [5.41, 5.74) is 1.67. The number of carbonyl (C=O) groups is 2. The monoisotopic (exact) mass is 319 g/mol. The summed E-state index contributed by atoms with van der Waals surface area (Å²) in [6.07, 6.45) is 1.49. The third-order valence-electron chi connectivity index (χ3n) is 4.22. The molecule has 0 aromatic heterocycles. The molecule has 23 heavy (non-hydrogen) atoms. The van der Waals surface area contributed by atoms with E-state index in [9.17, 15) is 9.59 Å². The predicted molar refractivity (Wildman–Crippen MR) is 89.8 cm³/mol. The van der Waals surface area contributed by atoms with Crippen molar-refractivity contribution in [2.24, 2.45) is 5.92 Å². The van der Waals surface area contributed by atoms with Gasteiger partial charge in [-0.15, -0.1) is 0 Å². The number of anilines is 1. The second-order valence-electron chi connectivity index (χ2n) is 6.06. The zero-order valence-electron chi connectivity index (χ0n) is 14.0. The van der Waals surface area contributed by atoms with E-state index in [1.165, 1.54) is 7.11 Å². The van der Waals surface area contributed by atoms with Crippen molar-refractivity contribution < 1.29 is 14.3 Å². The van der Waals surface area contributed by atoms with E-state index < -0.39 is 0 Å². The van der Waals surface area contributed by atoms with Gasteiger partial charge in [0.15, 0.2) is 0 Å². The number of amides is 2. The minimum atomic E-state index is -0.270. The van der Waals surface area contributed by atoms with Crippen LogP contribution in [0, 0.1) is 5.92 Å². The number of likely N-dealkylation sites (tertiary alicyclic amines) is 1. The third kappa shape index (κ3) is 4.61. The Kier molecular flexibility index (Phi) is 5.84. The molecule has 1 aliphatic rings. The van der Waals surface area contributed by atoms with Crippen LogP contribution in [0.4, 0.5) is 10.5 Å². The van der Waals surface area contributed by atoms with Gasteiger partial charge in [-0.2, -0.15) is 0 Å². The highest BCUT2D eigenvalue weighted by atomic mass is 16.5. The number of nitrogens with zero attached hydrogens (tertiary/aromatic N) is 2. The fraction of sp³-hybridized carbons (Fsp3) is 0.529. The van der Waals surface area contributed by atoms with E-state index in [0.717, 1.165) is 18.5 Å². The molecule has 126 valence electrons. The number of ether oxygens (including phenoxy) is 1. The molecule has 6 heteroatoms. The van der Waals surface area contributed by atoms with Crippen LogP contribution in [0.25, 0.3) is 0 Å². The molecule has 0 spiro atoms. The average molecular weight is 319 g/mol. The maximum absolute atomic E-state index is 12.3. The first-order valence-electron chi connectivity index (χ1n) is 7.89. The van der Waals surface area contributed by atoms with Crippen molar-refractivity contribution in [3.05, 3.63) is 29.8 Å². The first-order chi connectivity index (χ1) is 11.0. The van der Waals surface area contributed by atoms with E-state index in [1.807, 2.05) is 43.3 Å². The van der Waals surface area contributed by atoms with Crippen molar-refractivity contribution in [3.8, 4) is 0 Å². The third-order valence-corrected chi connectivity index (χ3v) is 4.22. The smallest absolute Gasteiger partial charge is 0.409 e. The van der Waals surface area contributed by atoms with Crippen LogP contribution < -0.4 is 10.2 Å². The molecule has 1 aromatic carbocycles. The van der Waals surface area contributed by atoms with Gasteiger partial charge >= 0.3 is 6.09 Å². The van der Waals surface area contributed by atoms with Gasteiger partial charge in [-0.05, 0) is 37.0 Å². The molecule has 1 aliphatic heterocycles. The Hall–Kier alpha value is -2.24. The maximum Gasteiger partial charge on any atom is 0.409 e. The Bertz CT molecular complexity index is 552. The lowest BCUT2D eigenvalue weighted by Crippen LogP contribution is -2.41. The average Bonchev–Trinajstić information content (AvgIpc) is 2.59. The standard InChI is InChI=1S/C17H25N3O3/c1-19(2)15-6-4-5-14(11-15)16(21)18-12-13-7-9-20(10-8-13)17(22)23-3/h4-6,11,13H,7-10,12H2,1-3H3,(H,18,21). The minimum absolute atomic E-state index is 0.0518. The number of rotatable bonds is 4. The van der Waals surface area contributed by atoms with Crippen LogP contribution in [0.3, 0.4) is 0 Å². The summed E-state index contributed by atoms with van der Waals surface area (Å²) < 4.78 is 4.72. The van der Waals surface area contributed by atoms with E-state index in [2.05, 4.69) is 5.32 Å². The summed E-state index contributed by atoms with van der Waals surface area (Å²) in [4.78, 5) is 27.4. The van der Waals surface area contributed by atoms with E-state index in [1.54, 1.807) is 4.90 Å². The summed E-state index contributed by atoms with van der Waals surface area (Å²) in [6.45, 7) is 2.01. The van der Waals surface area contributed by atoms with Gasteiger partial charge in [0.1, 0.15) is 0 Å². The number of piperidine rings is 1. The summed E-state index contributed by atoms with van der Waals surface area (Å²) >= 11 is 0. The van der Waals surface area contributed by atoms with E-state index in [4.69, 9.17) is 4.74 Å². The molecule has 1 aromatic rings. The number of hydrogen-bond donors (Lipinski definition) is 1. The molecular formula is C17H25N3O3. The number of carbonyl (C=O) groups excluding carboxylic acids is 2. The van der Waals surface area contributed by atoms with Crippen LogP contribution in [-0.4, -0.2) is 57.7 Å². The number of nitrogens with one attached hydrogen (secondary N) is 1. The highest BCUT2D eigenvalue weighted by Crippen LogP contribution is 2.18. The Labute approximate surface area is 137 Å². The van der Waals surface area contributed by atoms with Crippen LogP contribution in [0.1, 0.15) is 23.2 Å². The quantitative estimate of drug-likeness (QED) is 0.921. The zero-order chi connectivity index (χ0) is 16.8. The molecule has 0 aliphatic carbocycles. The van der Waals surface area contributed by atoms with Gasteiger partial charge < -0.3 is 19.9 Å². The fourth-order valence-electron chi connectivity index (χ4n) is 2.71. The highest BCUT2D eigenvalue weighted by Gasteiger charge is 2.23. The SMILES string of the molecule is COC(=O)N1CCC(CNC(=O)c2cccc(N(C)C)c2)CC1. The summed E-state index contributed by atoms with van der Waals surface area (Å²) in [5, 5.41) is 3.00. The normalized spacial score (nSPS) is 15.2. The van der Waals surface area contributed by atoms with Gasteiger partial charge in [-0.1, -0.05) is 6.07 Å². The molecular weight excluding hydrogens is 294 g/mol. The summed E-state index contributed by atoms with van der Waals surface area (Å²) in [6, 6.07) is 7.57. The highest BCUT2D eigenvalue weighted by molar-refractivity contribution is 5.95. The molecule has 0 saturated carbocycles. The Morgan fingerprint density at radius 2 is 2.00 bits per heavy atom. The Morgan fingerprint density at radius 3 is 2.61 bits per heavy atom. The maximum atomic E-state index is 12.3. The lowest BCUT2D eigenvalue weighted by molar-refractivity contribution is 0.0914. The van der Waals surface area contributed by atoms with Crippen LogP contribution in [0.15, 0.2) is 24.3 Å². The second kappa shape index (κ2) is 7.85. The molecule has 0 unspecified atom stereocenters. The number of benzene rings is 1. The fourth-order valence-corrected chi connectivity index (χ4v) is 2.71. The van der Waals surface area contributed by atoms with Gasteiger partial charge in [0.2, 0.25) is 0 Å². The Morgan fingerprint density at radius 1 is 1.30 bits per heavy atom. The molecule has 1 fully saturated rings. The summed E-state index contributed by atoms with van der Waals surface area (Å²) in [5.74, 6) is 0.348. The minimum Gasteiger partial charge on any atom is -0.453 e. The first-order valence-corrected chi connectivity index (χ1v) is 7.89. The molecule has 0 bridgehead atoms. The molecule has 1 N–H and O–H groups in total. The van der Waals surface area contributed by atoms with Crippen LogP contribution in [-0.2, 0) is 4.74 Å². The zero-order valence-corrected chi connectivity index (χ0v) is 14.0. The molecule has 1 saturated heterocycles. The lowest BCUT2D eigenvalue weighted by atomic mass is 9.97. The molecule has 2 rings (SSSR count). The number of methoxy groups -OCH3 is 1.